The molecule has 110 valence electrons. The number of nitrogen functional groups attached to an aromatic ring is 1. The Hall–Kier alpha value is -2.73. The van der Waals surface area contributed by atoms with Crippen molar-refractivity contribution in [3.8, 4) is 12.1 Å². The largest absolute Gasteiger partial charge is 0.318 e. The lowest BCUT2D eigenvalue weighted by Gasteiger charge is -2.16. The number of nitrogens with zero attached hydrogens (tertiary/aromatic N) is 4. The SMILES string of the molecule is N#CCN(CC#N)S(=O)(=O)c1ccc(NN)c([N+](=O)[O-])c1. The minimum atomic E-state index is -4.19. The summed E-state index contributed by atoms with van der Waals surface area (Å²) in [5.74, 6) is 5.10. The van der Waals surface area contributed by atoms with Gasteiger partial charge in [-0.1, -0.05) is 0 Å². The van der Waals surface area contributed by atoms with Gasteiger partial charge in [-0.05, 0) is 12.1 Å². The highest BCUT2D eigenvalue weighted by atomic mass is 32.2. The van der Waals surface area contributed by atoms with Crippen LogP contribution in [0.4, 0.5) is 11.4 Å². The number of hydrogen-bond acceptors (Lipinski definition) is 8. The van der Waals surface area contributed by atoms with Crippen LogP contribution in [0.2, 0.25) is 0 Å². The highest BCUT2D eigenvalue weighted by Gasteiger charge is 2.27. The molecule has 0 aliphatic heterocycles. The van der Waals surface area contributed by atoms with Crippen molar-refractivity contribution >= 4 is 21.4 Å². The molecule has 0 aliphatic carbocycles. The Morgan fingerprint density at radius 1 is 1.33 bits per heavy atom. The van der Waals surface area contributed by atoms with E-state index in [2.05, 4.69) is 5.43 Å². The number of rotatable bonds is 6. The van der Waals surface area contributed by atoms with Crippen LogP contribution in [-0.2, 0) is 10.0 Å². The van der Waals surface area contributed by atoms with E-state index in [4.69, 9.17) is 16.4 Å². The number of nitriles is 2. The van der Waals surface area contributed by atoms with E-state index in [1.54, 1.807) is 12.1 Å². The number of nitro groups is 1. The number of benzene rings is 1. The lowest BCUT2D eigenvalue weighted by atomic mass is 10.3. The molecule has 0 aromatic heterocycles. The van der Waals surface area contributed by atoms with Gasteiger partial charge in [-0.25, -0.2) is 8.42 Å². The third kappa shape index (κ3) is 3.43. The number of nitrogens with two attached hydrogens (primary N) is 1. The number of sulfonamides is 1. The van der Waals surface area contributed by atoms with Gasteiger partial charge in [0.25, 0.3) is 5.69 Å². The fourth-order valence-corrected chi connectivity index (χ4v) is 2.73. The number of nitrogens with one attached hydrogen (secondary N) is 1. The predicted octanol–water partition coefficient (Wildman–Crippen LogP) is -0.0817. The minimum Gasteiger partial charge on any atom is -0.318 e. The second kappa shape index (κ2) is 6.62. The summed E-state index contributed by atoms with van der Waals surface area (Å²) in [5.41, 5.74) is 1.48. The highest BCUT2D eigenvalue weighted by molar-refractivity contribution is 7.89. The molecule has 3 N–H and O–H groups in total. The molecule has 1 rings (SSSR count). The quantitative estimate of drug-likeness (QED) is 0.318. The van der Waals surface area contributed by atoms with Gasteiger partial charge < -0.3 is 5.43 Å². The molecular formula is C10H10N6O4S. The van der Waals surface area contributed by atoms with E-state index in [-0.39, 0.29) is 5.69 Å². The third-order valence-electron chi connectivity index (χ3n) is 2.45. The standard InChI is InChI=1S/C10H10N6O4S/c11-3-5-15(6-4-12)21(19,20)8-1-2-9(14-13)10(7-8)16(17)18/h1-2,7,14H,5-6,13H2. The smallest absolute Gasteiger partial charge is 0.294 e. The molecule has 0 atom stereocenters. The minimum absolute atomic E-state index is 0.0638. The van der Waals surface area contributed by atoms with Crippen LogP contribution in [0.25, 0.3) is 0 Å². The van der Waals surface area contributed by atoms with Gasteiger partial charge in [0.05, 0.1) is 22.0 Å². The number of nitro benzene ring substituents is 1. The van der Waals surface area contributed by atoms with E-state index in [1.807, 2.05) is 0 Å². The monoisotopic (exact) mass is 310 g/mol. The Kier molecular flexibility index (Phi) is 5.15. The van der Waals surface area contributed by atoms with Gasteiger partial charge in [-0.2, -0.15) is 14.8 Å². The van der Waals surface area contributed by atoms with Gasteiger partial charge in [-0.3, -0.25) is 16.0 Å². The summed E-state index contributed by atoms with van der Waals surface area (Å²) < 4.78 is 25.1. The van der Waals surface area contributed by atoms with E-state index >= 15 is 0 Å². The molecule has 0 radical (unpaired) electrons. The third-order valence-corrected chi connectivity index (χ3v) is 4.24. The van der Waals surface area contributed by atoms with Gasteiger partial charge in [0, 0.05) is 6.07 Å². The maximum absolute atomic E-state index is 12.2. The summed E-state index contributed by atoms with van der Waals surface area (Å²) >= 11 is 0. The van der Waals surface area contributed by atoms with Crippen molar-refractivity contribution in [2.24, 2.45) is 5.84 Å². The molecule has 0 bridgehead atoms. The van der Waals surface area contributed by atoms with Crippen LogP contribution in [0.1, 0.15) is 0 Å². The van der Waals surface area contributed by atoms with Gasteiger partial charge in [0.15, 0.2) is 0 Å². The van der Waals surface area contributed by atoms with Crippen LogP contribution < -0.4 is 11.3 Å². The molecule has 0 aliphatic rings. The Bertz CT molecular complexity index is 717. The van der Waals surface area contributed by atoms with Gasteiger partial charge >= 0.3 is 0 Å². The molecule has 0 spiro atoms. The lowest BCUT2D eigenvalue weighted by Crippen LogP contribution is -2.32. The van der Waals surface area contributed by atoms with Crippen molar-refractivity contribution in [3.05, 3.63) is 28.3 Å². The maximum atomic E-state index is 12.2. The fraction of sp³-hybridized carbons (Fsp3) is 0.200. The van der Waals surface area contributed by atoms with Crippen molar-refractivity contribution in [1.82, 2.24) is 4.31 Å². The summed E-state index contributed by atoms with van der Waals surface area (Å²) in [7, 11) is -4.19. The number of hydrogen-bond donors (Lipinski definition) is 2. The first-order valence-corrected chi connectivity index (χ1v) is 6.81. The Balaban J connectivity index is 3.38. The number of anilines is 1. The van der Waals surface area contributed by atoms with Crippen molar-refractivity contribution < 1.29 is 13.3 Å². The molecule has 10 nitrogen and oxygen atoms in total. The lowest BCUT2D eigenvalue weighted by molar-refractivity contribution is -0.384. The molecule has 0 fully saturated rings. The normalized spacial score (nSPS) is 10.7. The van der Waals surface area contributed by atoms with Crippen LogP contribution >= 0.6 is 0 Å². The second-order valence-corrected chi connectivity index (χ2v) is 5.61. The van der Waals surface area contributed by atoms with Crippen molar-refractivity contribution in [3.63, 3.8) is 0 Å². The first-order chi connectivity index (χ1) is 9.88. The summed E-state index contributed by atoms with van der Waals surface area (Å²) in [4.78, 5) is 9.68. The highest BCUT2D eigenvalue weighted by Crippen LogP contribution is 2.28. The Labute approximate surface area is 120 Å². The predicted molar refractivity (Wildman–Crippen MR) is 70.9 cm³/mol. The van der Waals surface area contributed by atoms with Crippen LogP contribution in [-0.4, -0.2) is 30.7 Å². The summed E-state index contributed by atoms with van der Waals surface area (Å²) in [5, 5.41) is 28.1. The summed E-state index contributed by atoms with van der Waals surface area (Å²) in [6.07, 6.45) is 0. The zero-order chi connectivity index (χ0) is 16.0. The molecule has 0 unspecified atom stereocenters. The molecule has 1 aromatic rings. The van der Waals surface area contributed by atoms with Gasteiger partial charge in [0.2, 0.25) is 10.0 Å². The van der Waals surface area contributed by atoms with E-state index in [9.17, 15) is 18.5 Å². The Morgan fingerprint density at radius 3 is 2.33 bits per heavy atom. The second-order valence-electron chi connectivity index (χ2n) is 3.67. The zero-order valence-corrected chi connectivity index (χ0v) is 11.4. The average Bonchev–Trinajstić information content (AvgIpc) is 2.46. The molecule has 0 saturated heterocycles. The van der Waals surface area contributed by atoms with Crippen molar-refractivity contribution in [2.45, 2.75) is 4.90 Å². The van der Waals surface area contributed by atoms with Crippen LogP contribution in [0.5, 0.6) is 0 Å². The maximum Gasteiger partial charge on any atom is 0.294 e. The fourth-order valence-electron chi connectivity index (χ4n) is 1.48. The van der Waals surface area contributed by atoms with E-state index in [1.165, 1.54) is 0 Å². The molecule has 21 heavy (non-hydrogen) atoms. The Morgan fingerprint density at radius 2 is 1.90 bits per heavy atom. The summed E-state index contributed by atoms with van der Waals surface area (Å²) in [6, 6.07) is 6.27. The van der Waals surface area contributed by atoms with Crippen molar-refractivity contribution in [2.75, 3.05) is 18.5 Å². The topological polar surface area (TPSA) is 166 Å². The van der Waals surface area contributed by atoms with Gasteiger partial charge in [0.1, 0.15) is 18.8 Å². The zero-order valence-electron chi connectivity index (χ0n) is 10.6. The first-order valence-electron chi connectivity index (χ1n) is 5.37. The van der Waals surface area contributed by atoms with E-state index in [0.29, 0.717) is 4.31 Å². The van der Waals surface area contributed by atoms with E-state index in [0.717, 1.165) is 18.2 Å². The van der Waals surface area contributed by atoms with Crippen LogP contribution in [0.15, 0.2) is 23.1 Å². The molecule has 1 aromatic carbocycles. The van der Waals surface area contributed by atoms with Crippen LogP contribution in [0.3, 0.4) is 0 Å². The molecule has 11 heteroatoms. The molecular weight excluding hydrogens is 300 g/mol. The average molecular weight is 310 g/mol. The van der Waals surface area contributed by atoms with Gasteiger partial charge in [-0.15, -0.1) is 0 Å². The van der Waals surface area contributed by atoms with Crippen LogP contribution in [0, 0.1) is 32.8 Å². The van der Waals surface area contributed by atoms with E-state index < -0.39 is 38.6 Å². The molecule has 0 amide bonds. The molecule has 0 heterocycles. The summed E-state index contributed by atoms with van der Waals surface area (Å²) in [6.45, 7) is -1.08. The molecule has 0 saturated carbocycles. The first kappa shape index (κ1) is 16.3. The number of hydrazine groups is 1. The van der Waals surface area contributed by atoms with Crippen molar-refractivity contribution in [1.29, 1.82) is 10.5 Å².